The second-order valence-electron chi connectivity index (χ2n) is 2.29. The van der Waals surface area contributed by atoms with Crippen molar-refractivity contribution in [2.45, 2.75) is 26.7 Å². The summed E-state index contributed by atoms with van der Waals surface area (Å²) in [6.45, 7) is 7.18. The molecule has 0 aliphatic rings. The number of hydrogen-bond acceptors (Lipinski definition) is 3. The fraction of sp³-hybridized carbons (Fsp3) is 1.00. The normalized spacial score (nSPS) is 10.4. The van der Waals surface area contributed by atoms with Crippen molar-refractivity contribution in [3.8, 4) is 0 Å². The van der Waals surface area contributed by atoms with Crippen LogP contribution in [0.4, 0.5) is 0 Å². The first-order valence-electron chi connectivity index (χ1n) is 4.34. The Labute approximate surface area is 69.0 Å². The van der Waals surface area contributed by atoms with Crippen LogP contribution in [0.5, 0.6) is 0 Å². The summed E-state index contributed by atoms with van der Waals surface area (Å²) in [7, 11) is 0. The maximum absolute atomic E-state index is 5.28. The minimum Gasteiger partial charge on any atom is -0.380 e. The molecule has 0 rings (SSSR count). The van der Waals surface area contributed by atoms with E-state index in [9.17, 15) is 0 Å². The predicted molar refractivity (Wildman–Crippen MR) is 45.4 cm³/mol. The quantitative estimate of drug-likeness (QED) is 0.430. The third kappa shape index (κ3) is 9.88. The fourth-order valence-corrected chi connectivity index (χ4v) is 0.637. The maximum atomic E-state index is 5.28. The highest BCUT2D eigenvalue weighted by atomic mass is 16.6. The van der Waals surface area contributed by atoms with Crippen molar-refractivity contribution in [3.05, 3.63) is 0 Å². The molecule has 0 aromatic carbocycles. The standard InChI is InChI=1S/C8H19NO2/c1-3-5-7-10-8-6-9-11-4-2/h9H,3-8H2,1-2H3. The van der Waals surface area contributed by atoms with Gasteiger partial charge in [0.15, 0.2) is 0 Å². The lowest BCUT2D eigenvalue weighted by molar-refractivity contribution is 0.0272. The monoisotopic (exact) mass is 161 g/mol. The molecule has 3 nitrogen and oxygen atoms in total. The van der Waals surface area contributed by atoms with Gasteiger partial charge in [0.05, 0.1) is 13.2 Å². The molecule has 0 saturated carbocycles. The number of hydroxylamine groups is 1. The van der Waals surface area contributed by atoms with Crippen molar-refractivity contribution in [2.75, 3.05) is 26.4 Å². The summed E-state index contributed by atoms with van der Waals surface area (Å²) in [4.78, 5) is 4.91. The molecular formula is C8H19NO2. The van der Waals surface area contributed by atoms with Gasteiger partial charge < -0.3 is 9.57 Å². The van der Waals surface area contributed by atoms with Gasteiger partial charge in [0, 0.05) is 13.2 Å². The van der Waals surface area contributed by atoms with Crippen LogP contribution in [0, 0.1) is 0 Å². The van der Waals surface area contributed by atoms with Crippen LogP contribution >= 0.6 is 0 Å². The van der Waals surface area contributed by atoms with E-state index in [0.29, 0.717) is 6.61 Å². The third-order valence-corrected chi connectivity index (χ3v) is 1.24. The number of ether oxygens (including phenoxy) is 1. The van der Waals surface area contributed by atoms with E-state index < -0.39 is 0 Å². The van der Waals surface area contributed by atoms with Gasteiger partial charge in [-0.3, -0.25) is 0 Å². The number of rotatable bonds is 8. The Balaban J connectivity index is 2.69. The van der Waals surface area contributed by atoms with Gasteiger partial charge in [0.25, 0.3) is 0 Å². The summed E-state index contributed by atoms with van der Waals surface area (Å²) in [5.74, 6) is 0. The average molecular weight is 161 g/mol. The summed E-state index contributed by atoms with van der Waals surface area (Å²) in [5, 5.41) is 0. The molecule has 0 saturated heterocycles. The van der Waals surface area contributed by atoms with Gasteiger partial charge in [-0.1, -0.05) is 13.3 Å². The Hall–Kier alpha value is -0.120. The molecule has 0 unspecified atom stereocenters. The molecule has 0 fully saturated rings. The highest BCUT2D eigenvalue weighted by Gasteiger charge is 1.86. The molecule has 0 aromatic heterocycles. The highest BCUT2D eigenvalue weighted by Crippen LogP contribution is 1.86. The summed E-state index contributed by atoms with van der Waals surface area (Å²) >= 11 is 0. The minimum absolute atomic E-state index is 0.703. The Bertz CT molecular complexity index is 61.1. The molecule has 3 heteroatoms. The van der Waals surface area contributed by atoms with Crippen molar-refractivity contribution in [2.24, 2.45) is 0 Å². The van der Waals surface area contributed by atoms with Gasteiger partial charge >= 0.3 is 0 Å². The van der Waals surface area contributed by atoms with Crippen LogP contribution < -0.4 is 5.48 Å². The molecule has 11 heavy (non-hydrogen) atoms. The van der Waals surface area contributed by atoms with Crippen LogP contribution in [0.1, 0.15) is 26.7 Å². The first-order valence-corrected chi connectivity index (χ1v) is 4.34. The summed E-state index contributed by atoms with van der Waals surface area (Å²) in [5.41, 5.74) is 2.79. The summed E-state index contributed by atoms with van der Waals surface area (Å²) in [6.07, 6.45) is 2.34. The van der Waals surface area contributed by atoms with E-state index >= 15 is 0 Å². The lowest BCUT2D eigenvalue weighted by atomic mass is 10.4. The van der Waals surface area contributed by atoms with Crippen molar-refractivity contribution in [1.29, 1.82) is 0 Å². The first kappa shape index (κ1) is 10.9. The Morgan fingerprint density at radius 1 is 1.18 bits per heavy atom. The molecule has 68 valence electrons. The van der Waals surface area contributed by atoms with Gasteiger partial charge in [-0.2, -0.15) is 0 Å². The van der Waals surface area contributed by atoms with Gasteiger partial charge in [-0.15, -0.1) is 0 Å². The van der Waals surface area contributed by atoms with Crippen LogP contribution in [0.2, 0.25) is 0 Å². The minimum atomic E-state index is 0.703. The zero-order chi connectivity index (χ0) is 8.36. The lowest BCUT2D eigenvalue weighted by Gasteiger charge is -2.03. The highest BCUT2D eigenvalue weighted by molar-refractivity contribution is 4.34. The summed E-state index contributed by atoms with van der Waals surface area (Å²) in [6, 6.07) is 0. The zero-order valence-corrected chi connectivity index (χ0v) is 7.56. The number of hydrogen-bond donors (Lipinski definition) is 1. The van der Waals surface area contributed by atoms with E-state index in [1.54, 1.807) is 0 Å². The predicted octanol–water partition coefficient (Wildman–Crippen LogP) is 1.34. The zero-order valence-electron chi connectivity index (χ0n) is 7.56. The summed E-state index contributed by atoms with van der Waals surface area (Å²) < 4.78 is 5.28. The van der Waals surface area contributed by atoms with Crippen LogP contribution in [0.3, 0.4) is 0 Å². The molecule has 0 atom stereocenters. The molecule has 0 radical (unpaired) electrons. The van der Waals surface area contributed by atoms with E-state index in [0.717, 1.165) is 26.2 Å². The van der Waals surface area contributed by atoms with Crippen LogP contribution in [0.15, 0.2) is 0 Å². The Morgan fingerprint density at radius 2 is 2.00 bits per heavy atom. The molecule has 0 spiro atoms. The SMILES string of the molecule is CCCCOCCNOCC. The van der Waals surface area contributed by atoms with Crippen molar-refractivity contribution in [3.63, 3.8) is 0 Å². The van der Waals surface area contributed by atoms with Gasteiger partial charge in [0.1, 0.15) is 0 Å². The van der Waals surface area contributed by atoms with Gasteiger partial charge in [0.2, 0.25) is 0 Å². The van der Waals surface area contributed by atoms with Crippen LogP contribution in [-0.4, -0.2) is 26.4 Å². The smallest absolute Gasteiger partial charge is 0.0653 e. The van der Waals surface area contributed by atoms with Crippen molar-refractivity contribution in [1.82, 2.24) is 5.48 Å². The van der Waals surface area contributed by atoms with Gasteiger partial charge in [-0.05, 0) is 13.3 Å². The van der Waals surface area contributed by atoms with Crippen molar-refractivity contribution < 1.29 is 9.57 Å². The van der Waals surface area contributed by atoms with Crippen LogP contribution in [0.25, 0.3) is 0 Å². The largest absolute Gasteiger partial charge is 0.380 e. The van der Waals surface area contributed by atoms with E-state index in [1.165, 1.54) is 6.42 Å². The molecular weight excluding hydrogens is 142 g/mol. The van der Waals surface area contributed by atoms with E-state index in [2.05, 4.69) is 12.4 Å². The van der Waals surface area contributed by atoms with E-state index in [1.807, 2.05) is 6.92 Å². The molecule has 0 amide bonds. The topological polar surface area (TPSA) is 30.5 Å². The van der Waals surface area contributed by atoms with Gasteiger partial charge in [-0.25, -0.2) is 5.48 Å². The molecule has 0 aromatic rings. The second-order valence-corrected chi connectivity index (χ2v) is 2.29. The average Bonchev–Trinajstić information content (AvgIpc) is 2.03. The Morgan fingerprint density at radius 3 is 2.64 bits per heavy atom. The fourth-order valence-electron chi connectivity index (χ4n) is 0.637. The number of nitrogens with one attached hydrogen (secondary N) is 1. The third-order valence-electron chi connectivity index (χ3n) is 1.24. The Kier molecular flexibility index (Phi) is 9.77. The molecule has 1 N–H and O–H groups in total. The second kappa shape index (κ2) is 9.88. The lowest BCUT2D eigenvalue weighted by Crippen LogP contribution is -2.20. The van der Waals surface area contributed by atoms with E-state index in [-0.39, 0.29) is 0 Å². The van der Waals surface area contributed by atoms with Crippen molar-refractivity contribution >= 4 is 0 Å². The van der Waals surface area contributed by atoms with E-state index in [4.69, 9.17) is 9.57 Å². The molecule has 0 aliphatic heterocycles. The molecule has 0 heterocycles. The molecule has 0 aliphatic carbocycles. The first-order chi connectivity index (χ1) is 5.41. The maximum Gasteiger partial charge on any atom is 0.0653 e. The van der Waals surface area contributed by atoms with Crippen LogP contribution in [-0.2, 0) is 9.57 Å². The number of unbranched alkanes of at least 4 members (excludes halogenated alkanes) is 1. The molecule has 0 bridgehead atoms.